The lowest BCUT2D eigenvalue weighted by Gasteiger charge is -2.25. The van der Waals surface area contributed by atoms with Crippen molar-refractivity contribution in [2.45, 2.75) is 33.2 Å². The summed E-state index contributed by atoms with van der Waals surface area (Å²) in [6.45, 7) is 5.75. The van der Waals surface area contributed by atoms with Crippen LogP contribution in [0.5, 0.6) is 0 Å². The third-order valence-corrected chi connectivity index (χ3v) is 3.68. The molecule has 0 aliphatic heterocycles. The van der Waals surface area contributed by atoms with Crippen molar-refractivity contribution in [3.8, 4) is 0 Å². The molecule has 116 valence electrons. The van der Waals surface area contributed by atoms with Crippen LogP contribution < -0.4 is 5.56 Å². The minimum absolute atomic E-state index is 0.0126. The Hall–Kier alpha value is -2.43. The number of amides is 1. The molecular formula is C17H21N3O2. The molecule has 2 rings (SSSR count). The third kappa shape index (κ3) is 3.81. The van der Waals surface area contributed by atoms with E-state index in [1.54, 1.807) is 31.1 Å². The zero-order valence-corrected chi connectivity index (χ0v) is 13.4. The number of likely N-dealkylation sites (N-methyl/N-ethyl adjacent to an activating group) is 1. The number of pyridine rings is 2. The van der Waals surface area contributed by atoms with Gasteiger partial charge in [-0.25, -0.2) is 0 Å². The Labute approximate surface area is 130 Å². The summed E-state index contributed by atoms with van der Waals surface area (Å²) in [5, 5.41) is 0. The molecule has 0 unspecified atom stereocenters. The number of nitrogens with one attached hydrogen (secondary N) is 1. The van der Waals surface area contributed by atoms with Crippen molar-refractivity contribution in [2.75, 3.05) is 7.05 Å². The molecule has 0 fully saturated rings. The first-order valence-corrected chi connectivity index (χ1v) is 7.26. The molecule has 22 heavy (non-hydrogen) atoms. The maximum absolute atomic E-state index is 12.5. The number of H-pyrrole nitrogens is 1. The third-order valence-electron chi connectivity index (χ3n) is 3.68. The maximum atomic E-state index is 12.5. The number of aromatic nitrogens is 2. The lowest BCUT2D eigenvalue weighted by Crippen LogP contribution is -2.37. The fourth-order valence-corrected chi connectivity index (χ4v) is 2.36. The van der Waals surface area contributed by atoms with E-state index in [4.69, 9.17) is 0 Å². The van der Waals surface area contributed by atoms with Gasteiger partial charge in [-0.15, -0.1) is 0 Å². The van der Waals surface area contributed by atoms with Gasteiger partial charge in [0.05, 0.1) is 0 Å². The van der Waals surface area contributed by atoms with E-state index < -0.39 is 0 Å². The molecule has 1 N–H and O–H groups in total. The predicted molar refractivity (Wildman–Crippen MR) is 86.0 cm³/mol. The van der Waals surface area contributed by atoms with Crippen molar-refractivity contribution < 1.29 is 4.79 Å². The molecular weight excluding hydrogens is 278 g/mol. The first kappa shape index (κ1) is 15.9. The van der Waals surface area contributed by atoms with Crippen LogP contribution in [0.15, 0.2) is 35.3 Å². The Morgan fingerprint density at radius 2 is 2.05 bits per heavy atom. The Balaban J connectivity index is 2.14. The Morgan fingerprint density at radius 1 is 1.32 bits per heavy atom. The highest BCUT2D eigenvalue weighted by Crippen LogP contribution is 2.10. The summed E-state index contributed by atoms with van der Waals surface area (Å²) in [5.41, 5.74) is 2.93. The molecule has 0 radical (unpaired) electrons. The average molecular weight is 299 g/mol. The minimum Gasteiger partial charge on any atom is -0.339 e. The number of hydrogen-bond donors (Lipinski definition) is 1. The molecule has 0 aliphatic rings. The van der Waals surface area contributed by atoms with Gasteiger partial charge in [-0.3, -0.25) is 14.6 Å². The lowest BCUT2D eigenvalue weighted by molar-refractivity contribution is 0.0742. The van der Waals surface area contributed by atoms with Crippen LogP contribution in [-0.2, 0) is 6.42 Å². The topological polar surface area (TPSA) is 66.1 Å². The van der Waals surface area contributed by atoms with Crippen LogP contribution in [0.2, 0.25) is 0 Å². The molecule has 0 aliphatic carbocycles. The van der Waals surface area contributed by atoms with Gasteiger partial charge in [0.1, 0.15) is 0 Å². The first-order valence-electron chi connectivity index (χ1n) is 7.26. The van der Waals surface area contributed by atoms with Gasteiger partial charge in [-0.2, -0.15) is 0 Å². The van der Waals surface area contributed by atoms with Crippen LogP contribution in [-0.4, -0.2) is 33.9 Å². The van der Waals surface area contributed by atoms with Gasteiger partial charge in [-0.1, -0.05) is 0 Å². The molecule has 0 spiro atoms. The quantitative estimate of drug-likeness (QED) is 0.940. The predicted octanol–water partition coefficient (Wildman–Crippen LogP) is 2.09. The van der Waals surface area contributed by atoms with Gasteiger partial charge in [0.15, 0.2) is 0 Å². The zero-order chi connectivity index (χ0) is 16.3. The lowest BCUT2D eigenvalue weighted by atomic mass is 10.1. The van der Waals surface area contributed by atoms with E-state index in [0.717, 1.165) is 11.3 Å². The van der Waals surface area contributed by atoms with Crippen LogP contribution in [0.25, 0.3) is 0 Å². The summed E-state index contributed by atoms with van der Waals surface area (Å²) in [6.07, 6.45) is 2.45. The van der Waals surface area contributed by atoms with E-state index in [9.17, 15) is 9.59 Å². The second-order valence-electron chi connectivity index (χ2n) is 5.71. The van der Waals surface area contributed by atoms with E-state index in [1.807, 2.05) is 26.0 Å². The molecule has 5 heteroatoms. The summed E-state index contributed by atoms with van der Waals surface area (Å²) in [5.74, 6) is -0.158. The summed E-state index contributed by atoms with van der Waals surface area (Å²) >= 11 is 0. The van der Waals surface area contributed by atoms with Crippen LogP contribution in [0.4, 0.5) is 0 Å². The molecule has 0 saturated carbocycles. The van der Waals surface area contributed by atoms with Crippen molar-refractivity contribution in [3.63, 3.8) is 0 Å². The van der Waals surface area contributed by atoms with Gasteiger partial charge >= 0.3 is 0 Å². The van der Waals surface area contributed by atoms with Gasteiger partial charge < -0.3 is 9.88 Å². The molecule has 2 aromatic heterocycles. The highest BCUT2D eigenvalue weighted by Gasteiger charge is 2.19. The molecule has 2 aromatic rings. The summed E-state index contributed by atoms with van der Waals surface area (Å²) in [7, 11) is 1.75. The highest BCUT2D eigenvalue weighted by atomic mass is 16.2. The van der Waals surface area contributed by atoms with Gasteiger partial charge in [0, 0.05) is 48.7 Å². The molecule has 5 nitrogen and oxygen atoms in total. The van der Waals surface area contributed by atoms with E-state index in [-0.39, 0.29) is 17.5 Å². The Bertz CT molecular complexity index is 737. The molecule has 0 saturated heterocycles. The van der Waals surface area contributed by atoms with Crippen molar-refractivity contribution >= 4 is 5.91 Å². The van der Waals surface area contributed by atoms with Crippen molar-refractivity contribution in [3.05, 3.63) is 63.3 Å². The average Bonchev–Trinajstić information content (AvgIpc) is 2.44. The summed E-state index contributed by atoms with van der Waals surface area (Å²) < 4.78 is 0. The molecule has 1 atom stereocenters. The van der Waals surface area contributed by atoms with Gasteiger partial charge in [-0.05, 0) is 44.5 Å². The second-order valence-corrected chi connectivity index (χ2v) is 5.71. The van der Waals surface area contributed by atoms with Crippen LogP contribution >= 0.6 is 0 Å². The maximum Gasteiger partial charge on any atom is 0.254 e. The summed E-state index contributed by atoms with van der Waals surface area (Å²) in [6, 6.07) is 6.98. The highest BCUT2D eigenvalue weighted by molar-refractivity contribution is 5.94. The smallest absolute Gasteiger partial charge is 0.254 e. The van der Waals surface area contributed by atoms with Crippen molar-refractivity contribution in [1.29, 1.82) is 0 Å². The molecule has 0 aromatic carbocycles. The van der Waals surface area contributed by atoms with Crippen LogP contribution in [0, 0.1) is 13.8 Å². The number of carbonyl (C=O) groups excluding carboxylic acids is 1. The van der Waals surface area contributed by atoms with Gasteiger partial charge in [0.25, 0.3) is 5.91 Å². The Morgan fingerprint density at radius 3 is 2.68 bits per heavy atom. The van der Waals surface area contributed by atoms with Crippen LogP contribution in [0.1, 0.15) is 34.2 Å². The first-order chi connectivity index (χ1) is 10.4. The minimum atomic E-state index is -0.259. The number of nitrogens with zero attached hydrogens (tertiary/aromatic N) is 2. The fraction of sp³-hybridized carbons (Fsp3) is 0.353. The van der Waals surface area contributed by atoms with Crippen molar-refractivity contribution in [1.82, 2.24) is 14.9 Å². The standard InChI is InChI=1S/C17H21N3O2/c1-11-5-6-18-15(7-11)9-13(3)20(4)17(22)14-8-12(2)19-16(21)10-14/h5-8,10,13H,9H2,1-4H3,(H,19,21)/t13-/m1/s1. The SMILES string of the molecule is Cc1ccnc(C[C@@H](C)N(C)C(=O)c2cc(C)[nH]c(=O)c2)c1. The van der Waals surface area contributed by atoms with Gasteiger partial charge in [0.2, 0.25) is 5.56 Å². The fourth-order valence-electron chi connectivity index (χ4n) is 2.36. The number of hydrogen-bond acceptors (Lipinski definition) is 3. The van der Waals surface area contributed by atoms with Crippen molar-refractivity contribution in [2.24, 2.45) is 0 Å². The second kappa shape index (κ2) is 6.56. The van der Waals surface area contributed by atoms with E-state index in [2.05, 4.69) is 9.97 Å². The summed E-state index contributed by atoms with van der Waals surface area (Å²) in [4.78, 5) is 32.6. The van der Waals surface area contributed by atoms with Crippen LogP contribution in [0.3, 0.4) is 0 Å². The zero-order valence-electron chi connectivity index (χ0n) is 13.4. The molecule has 1 amide bonds. The normalized spacial score (nSPS) is 12.0. The number of aryl methyl sites for hydroxylation is 2. The number of rotatable bonds is 4. The molecule has 0 bridgehead atoms. The molecule has 2 heterocycles. The Kier molecular flexibility index (Phi) is 4.75. The largest absolute Gasteiger partial charge is 0.339 e. The number of aromatic amines is 1. The van der Waals surface area contributed by atoms with E-state index in [0.29, 0.717) is 17.7 Å². The number of carbonyl (C=O) groups is 1. The van der Waals surface area contributed by atoms with E-state index in [1.165, 1.54) is 6.07 Å². The van der Waals surface area contributed by atoms with E-state index >= 15 is 0 Å². The monoisotopic (exact) mass is 299 g/mol.